The van der Waals surface area contributed by atoms with Crippen LogP contribution in [0.5, 0.6) is 0 Å². The van der Waals surface area contributed by atoms with Gasteiger partial charge < -0.3 is 9.64 Å². The number of aryl methyl sites for hydroxylation is 4. The number of ether oxygens (including phenoxy) is 1. The number of carbonyl (C=O) groups excluding carboxylic acids is 1. The molecule has 0 spiro atoms. The van der Waals surface area contributed by atoms with Gasteiger partial charge in [0.15, 0.2) is 0 Å². The molecule has 7 heteroatoms. The van der Waals surface area contributed by atoms with Crippen molar-refractivity contribution in [1.29, 1.82) is 0 Å². The molecule has 3 rings (SSSR count). The molecule has 2 aromatic heterocycles. The first-order valence-electron chi connectivity index (χ1n) is 8.75. The predicted molar refractivity (Wildman–Crippen MR) is 92.9 cm³/mol. The van der Waals surface area contributed by atoms with Crippen molar-refractivity contribution in [2.45, 2.75) is 38.7 Å². The molecule has 1 atom stereocenters. The lowest BCUT2D eigenvalue weighted by Crippen LogP contribution is -2.45. The van der Waals surface area contributed by atoms with E-state index in [-0.39, 0.29) is 12.0 Å². The Morgan fingerprint density at radius 3 is 3.00 bits per heavy atom. The summed E-state index contributed by atoms with van der Waals surface area (Å²) in [5.74, 6) is 0.193. The highest BCUT2D eigenvalue weighted by Crippen LogP contribution is 2.14. The summed E-state index contributed by atoms with van der Waals surface area (Å²) in [6.07, 6.45) is 8.34. The molecule has 134 valence electrons. The van der Waals surface area contributed by atoms with Crippen molar-refractivity contribution in [2.24, 2.45) is 7.05 Å². The van der Waals surface area contributed by atoms with Crippen molar-refractivity contribution in [3.05, 3.63) is 41.7 Å². The van der Waals surface area contributed by atoms with Crippen molar-refractivity contribution in [1.82, 2.24) is 24.6 Å². The van der Waals surface area contributed by atoms with Gasteiger partial charge in [-0.2, -0.15) is 5.10 Å². The van der Waals surface area contributed by atoms with E-state index < -0.39 is 0 Å². The van der Waals surface area contributed by atoms with Gasteiger partial charge >= 0.3 is 0 Å². The largest absolute Gasteiger partial charge is 0.375 e. The molecule has 0 bridgehead atoms. The van der Waals surface area contributed by atoms with E-state index in [2.05, 4.69) is 15.1 Å². The van der Waals surface area contributed by atoms with E-state index in [1.807, 2.05) is 31.1 Å². The Morgan fingerprint density at radius 2 is 2.28 bits per heavy atom. The van der Waals surface area contributed by atoms with Crippen LogP contribution in [-0.2, 0) is 29.4 Å². The molecule has 1 saturated heterocycles. The first-order valence-corrected chi connectivity index (χ1v) is 8.75. The molecule has 0 aromatic carbocycles. The predicted octanol–water partition coefficient (Wildman–Crippen LogP) is 1.31. The molecule has 7 nitrogen and oxygen atoms in total. The van der Waals surface area contributed by atoms with Gasteiger partial charge in [-0.05, 0) is 37.8 Å². The van der Waals surface area contributed by atoms with Crippen LogP contribution < -0.4 is 0 Å². The molecule has 0 N–H and O–H groups in total. The summed E-state index contributed by atoms with van der Waals surface area (Å²) in [6, 6.07) is 1.92. The standard InChI is InChI=1S/C18H25N5O2/c1-14-15(11-22(2)21-14)3-6-18(24)23-9-10-25-17(12-23)5-4-16-7-8-19-13-20-16/h7-8,11,13,17H,3-6,9-10,12H2,1-2H3. The zero-order chi connectivity index (χ0) is 17.6. The third kappa shape index (κ3) is 4.85. The molecule has 25 heavy (non-hydrogen) atoms. The zero-order valence-corrected chi connectivity index (χ0v) is 14.9. The minimum atomic E-state index is 0.0767. The monoisotopic (exact) mass is 343 g/mol. The summed E-state index contributed by atoms with van der Waals surface area (Å²) in [7, 11) is 1.91. The van der Waals surface area contributed by atoms with E-state index in [1.165, 1.54) is 0 Å². The number of rotatable bonds is 6. The Kier molecular flexibility index (Phi) is 5.75. The first-order chi connectivity index (χ1) is 12.1. The zero-order valence-electron chi connectivity index (χ0n) is 14.9. The van der Waals surface area contributed by atoms with Crippen LogP contribution in [0.3, 0.4) is 0 Å². The highest BCUT2D eigenvalue weighted by molar-refractivity contribution is 5.76. The van der Waals surface area contributed by atoms with Crippen LogP contribution in [0, 0.1) is 6.92 Å². The fourth-order valence-electron chi connectivity index (χ4n) is 3.19. The lowest BCUT2D eigenvalue weighted by molar-refractivity contribution is -0.138. The molecule has 3 heterocycles. The van der Waals surface area contributed by atoms with Crippen LogP contribution in [0.4, 0.5) is 0 Å². The minimum Gasteiger partial charge on any atom is -0.375 e. The Bertz CT molecular complexity index is 701. The molecule has 1 amide bonds. The fraction of sp³-hybridized carbons (Fsp3) is 0.556. The summed E-state index contributed by atoms with van der Waals surface area (Å²) in [6.45, 7) is 3.93. The Labute approximate surface area is 148 Å². The smallest absolute Gasteiger partial charge is 0.223 e. The molecule has 1 aliphatic rings. The van der Waals surface area contributed by atoms with Gasteiger partial charge in [-0.25, -0.2) is 9.97 Å². The molecule has 0 saturated carbocycles. The second-order valence-electron chi connectivity index (χ2n) is 6.49. The van der Waals surface area contributed by atoms with E-state index in [1.54, 1.807) is 17.2 Å². The van der Waals surface area contributed by atoms with Gasteiger partial charge in [0.2, 0.25) is 5.91 Å². The molecule has 2 aromatic rings. The molecule has 1 unspecified atom stereocenters. The lowest BCUT2D eigenvalue weighted by Gasteiger charge is -2.33. The van der Waals surface area contributed by atoms with E-state index in [4.69, 9.17) is 4.74 Å². The van der Waals surface area contributed by atoms with Gasteiger partial charge in [0, 0.05) is 44.6 Å². The topological polar surface area (TPSA) is 73.1 Å². The van der Waals surface area contributed by atoms with Crippen LogP contribution in [-0.4, -0.2) is 56.4 Å². The Morgan fingerprint density at radius 1 is 1.40 bits per heavy atom. The summed E-state index contributed by atoms with van der Waals surface area (Å²) >= 11 is 0. The maximum absolute atomic E-state index is 12.5. The van der Waals surface area contributed by atoms with E-state index in [0.717, 1.165) is 36.2 Å². The first kappa shape index (κ1) is 17.5. The molecular formula is C18H25N5O2. The second kappa shape index (κ2) is 8.20. The number of nitrogens with zero attached hydrogens (tertiary/aromatic N) is 5. The molecule has 1 aliphatic heterocycles. The molecule has 1 fully saturated rings. The quantitative estimate of drug-likeness (QED) is 0.791. The van der Waals surface area contributed by atoms with Gasteiger partial charge in [-0.3, -0.25) is 9.48 Å². The minimum absolute atomic E-state index is 0.0767. The van der Waals surface area contributed by atoms with Crippen LogP contribution in [0.25, 0.3) is 0 Å². The number of morpholine rings is 1. The van der Waals surface area contributed by atoms with Gasteiger partial charge in [-0.15, -0.1) is 0 Å². The summed E-state index contributed by atoms with van der Waals surface area (Å²) < 4.78 is 7.61. The number of amides is 1. The van der Waals surface area contributed by atoms with Crippen molar-refractivity contribution in [3.8, 4) is 0 Å². The number of hydrogen-bond acceptors (Lipinski definition) is 5. The van der Waals surface area contributed by atoms with Crippen molar-refractivity contribution in [2.75, 3.05) is 19.7 Å². The van der Waals surface area contributed by atoms with E-state index in [0.29, 0.717) is 26.1 Å². The van der Waals surface area contributed by atoms with Gasteiger partial charge in [0.25, 0.3) is 0 Å². The number of aromatic nitrogens is 4. The summed E-state index contributed by atoms with van der Waals surface area (Å²) in [4.78, 5) is 22.6. The van der Waals surface area contributed by atoms with Gasteiger partial charge in [0.05, 0.1) is 18.4 Å². The number of carbonyl (C=O) groups is 1. The SMILES string of the molecule is Cc1nn(C)cc1CCC(=O)N1CCOC(CCc2ccncn2)C1. The van der Waals surface area contributed by atoms with E-state index in [9.17, 15) is 4.79 Å². The Balaban J connectivity index is 1.47. The van der Waals surface area contributed by atoms with E-state index >= 15 is 0 Å². The van der Waals surface area contributed by atoms with Crippen LogP contribution in [0.15, 0.2) is 24.8 Å². The second-order valence-corrected chi connectivity index (χ2v) is 6.49. The molecular weight excluding hydrogens is 318 g/mol. The molecule has 0 aliphatic carbocycles. The third-order valence-electron chi connectivity index (χ3n) is 4.58. The van der Waals surface area contributed by atoms with Crippen molar-refractivity contribution >= 4 is 5.91 Å². The van der Waals surface area contributed by atoms with Crippen molar-refractivity contribution < 1.29 is 9.53 Å². The average molecular weight is 343 g/mol. The highest BCUT2D eigenvalue weighted by Gasteiger charge is 2.24. The van der Waals surface area contributed by atoms with Gasteiger partial charge in [-0.1, -0.05) is 0 Å². The fourth-order valence-corrected chi connectivity index (χ4v) is 3.19. The lowest BCUT2D eigenvalue weighted by atomic mass is 10.1. The normalized spacial score (nSPS) is 17.7. The molecule has 0 radical (unpaired) electrons. The van der Waals surface area contributed by atoms with Gasteiger partial charge in [0.1, 0.15) is 6.33 Å². The average Bonchev–Trinajstić information content (AvgIpc) is 2.96. The Hall–Kier alpha value is -2.28. The van der Waals surface area contributed by atoms with Crippen LogP contribution in [0.2, 0.25) is 0 Å². The maximum atomic E-state index is 12.5. The van der Waals surface area contributed by atoms with Crippen molar-refractivity contribution in [3.63, 3.8) is 0 Å². The maximum Gasteiger partial charge on any atom is 0.223 e. The van der Waals surface area contributed by atoms with Crippen LogP contribution in [0.1, 0.15) is 29.8 Å². The highest BCUT2D eigenvalue weighted by atomic mass is 16.5. The summed E-state index contributed by atoms with van der Waals surface area (Å²) in [5.41, 5.74) is 3.15. The summed E-state index contributed by atoms with van der Waals surface area (Å²) in [5, 5.41) is 4.33. The van der Waals surface area contributed by atoms with Crippen LogP contribution >= 0.6 is 0 Å². The number of hydrogen-bond donors (Lipinski definition) is 0. The third-order valence-corrected chi connectivity index (χ3v) is 4.58.